The summed E-state index contributed by atoms with van der Waals surface area (Å²) in [6, 6.07) is 0. The van der Waals surface area contributed by atoms with E-state index >= 15 is 0 Å². The number of nitrogens with zero attached hydrogens (tertiary/aromatic N) is 2. The summed E-state index contributed by atoms with van der Waals surface area (Å²) in [7, 11) is 1.68. The van der Waals surface area contributed by atoms with Gasteiger partial charge in [-0.05, 0) is 21.8 Å². The van der Waals surface area contributed by atoms with Gasteiger partial charge in [0.1, 0.15) is 19.0 Å². The topological polar surface area (TPSA) is 47.0 Å². The molecule has 0 saturated carbocycles. The lowest BCUT2D eigenvalue weighted by atomic mass is 10.1. The molecule has 8 heteroatoms. The van der Waals surface area contributed by atoms with E-state index in [0.29, 0.717) is 10.3 Å². The molecule has 0 amide bonds. The van der Waals surface area contributed by atoms with Gasteiger partial charge in [0.25, 0.3) is 0 Å². The van der Waals surface area contributed by atoms with Crippen molar-refractivity contribution in [1.29, 1.82) is 0 Å². The lowest BCUT2D eigenvalue weighted by Gasteiger charge is -2.13. The van der Waals surface area contributed by atoms with Crippen molar-refractivity contribution in [2.75, 3.05) is 19.0 Å². The van der Waals surface area contributed by atoms with Crippen molar-refractivity contribution in [2.45, 2.75) is 32.5 Å². The third-order valence-electron chi connectivity index (χ3n) is 2.20. The zero-order valence-electron chi connectivity index (χ0n) is 10.8. The third kappa shape index (κ3) is 4.94. The Kier molecular flexibility index (Phi) is 5.54. The molecule has 0 aliphatic rings. The first-order valence-corrected chi connectivity index (χ1v) is 6.42. The maximum absolute atomic E-state index is 12.0. The fourth-order valence-corrected chi connectivity index (χ4v) is 2.22. The van der Waals surface area contributed by atoms with Crippen LogP contribution < -0.4 is 5.32 Å². The molecule has 1 aromatic rings. The Morgan fingerprint density at radius 1 is 1.32 bits per heavy atom. The van der Waals surface area contributed by atoms with Crippen LogP contribution in [-0.4, -0.2) is 29.8 Å². The number of aromatic nitrogens is 2. The van der Waals surface area contributed by atoms with Crippen molar-refractivity contribution < 1.29 is 17.9 Å². The van der Waals surface area contributed by atoms with E-state index in [1.54, 1.807) is 7.05 Å². The number of ether oxygens (including phenoxy) is 1. The highest BCUT2D eigenvalue weighted by Gasteiger charge is 2.27. The SMILES string of the molecule is CNc1nc(COCC(F)(F)F)nc(C(C)C)c1Br. The molecular weight excluding hydrogens is 327 g/mol. The predicted octanol–water partition coefficient (Wildman–Crippen LogP) is 3.48. The first-order valence-electron chi connectivity index (χ1n) is 5.63. The van der Waals surface area contributed by atoms with E-state index in [2.05, 4.69) is 36.0 Å². The van der Waals surface area contributed by atoms with Crippen molar-refractivity contribution in [3.05, 3.63) is 16.0 Å². The number of hydrogen-bond acceptors (Lipinski definition) is 4. The number of halogens is 4. The van der Waals surface area contributed by atoms with Crippen LogP contribution >= 0.6 is 15.9 Å². The van der Waals surface area contributed by atoms with E-state index in [4.69, 9.17) is 0 Å². The molecule has 0 spiro atoms. The average molecular weight is 342 g/mol. The van der Waals surface area contributed by atoms with Crippen LogP contribution in [0.2, 0.25) is 0 Å². The molecule has 0 aromatic carbocycles. The van der Waals surface area contributed by atoms with E-state index in [1.165, 1.54) is 0 Å². The molecule has 0 fully saturated rings. The second kappa shape index (κ2) is 6.51. The van der Waals surface area contributed by atoms with E-state index in [0.717, 1.165) is 5.69 Å². The summed E-state index contributed by atoms with van der Waals surface area (Å²) in [5, 5.41) is 2.86. The number of alkyl halides is 3. The van der Waals surface area contributed by atoms with Crippen molar-refractivity contribution in [2.24, 2.45) is 0 Å². The third-order valence-corrected chi connectivity index (χ3v) is 2.99. The van der Waals surface area contributed by atoms with Gasteiger partial charge in [-0.25, -0.2) is 9.97 Å². The maximum atomic E-state index is 12.0. The highest BCUT2D eigenvalue weighted by molar-refractivity contribution is 9.10. The smallest absolute Gasteiger partial charge is 0.372 e. The van der Waals surface area contributed by atoms with E-state index < -0.39 is 12.8 Å². The standard InChI is InChI=1S/C11H15BrF3N3O/c1-6(2)9-8(12)10(16-3)18-7(17-9)4-19-5-11(13,14)15/h6H,4-5H2,1-3H3,(H,16,17,18). The summed E-state index contributed by atoms with van der Waals surface area (Å²) < 4.78 is 41.2. The van der Waals surface area contributed by atoms with Crippen LogP contribution in [0.4, 0.5) is 19.0 Å². The Balaban J connectivity index is 2.87. The molecule has 1 heterocycles. The zero-order valence-corrected chi connectivity index (χ0v) is 12.4. The molecular formula is C11H15BrF3N3O. The Morgan fingerprint density at radius 3 is 2.42 bits per heavy atom. The van der Waals surface area contributed by atoms with Crippen molar-refractivity contribution in [3.8, 4) is 0 Å². The summed E-state index contributed by atoms with van der Waals surface area (Å²) >= 11 is 3.37. The summed E-state index contributed by atoms with van der Waals surface area (Å²) in [6.45, 7) is 2.29. The Labute approximate surface area is 117 Å². The molecule has 0 bridgehead atoms. The minimum absolute atomic E-state index is 0.117. The molecule has 0 atom stereocenters. The van der Waals surface area contributed by atoms with Crippen molar-refractivity contribution in [1.82, 2.24) is 9.97 Å². The van der Waals surface area contributed by atoms with Crippen molar-refractivity contribution >= 4 is 21.7 Å². The molecule has 1 rings (SSSR count). The van der Waals surface area contributed by atoms with Gasteiger partial charge in [-0.2, -0.15) is 13.2 Å². The van der Waals surface area contributed by atoms with Gasteiger partial charge in [-0.1, -0.05) is 13.8 Å². The van der Waals surface area contributed by atoms with Crippen molar-refractivity contribution in [3.63, 3.8) is 0 Å². The number of hydrogen-bond donors (Lipinski definition) is 1. The first kappa shape index (κ1) is 16.2. The summed E-state index contributed by atoms with van der Waals surface area (Å²) in [5.74, 6) is 0.871. The molecule has 0 radical (unpaired) electrons. The van der Waals surface area contributed by atoms with Gasteiger partial charge in [0, 0.05) is 7.05 Å². The zero-order chi connectivity index (χ0) is 14.6. The highest BCUT2D eigenvalue weighted by Crippen LogP contribution is 2.28. The van der Waals surface area contributed by atoms with Crippen LogP contribution in [0, 0.1) is 0 Å². The maximum Gasteiger partial charge on any atom is 0.411 e. The van der Waals surface area contributed by atoms with Crippen LogP contribution in [0.5, 0.6) is 0 Å². The summed E-state index contributed by atoms with van der Waals surface area (Å²) in [6.07, 6.45) is -4.35. The largest absolute Gasteiger partial charge is 0.411 e. The Hall–Kier alpha value is -0.890. The van der Waals surface area contributed by atoms with Gasteiger partial charge in [-0.15, -0.1) is 0 Å². The van der Waals surface area contributed by atoms with Gasteiger partial charge in [-0.3, -0.25) is 0 Å². The lowest BCUT2D eigenvalue weighted by Crippen LogP contribution is -2.18. The highest BCUT2D eigenvalue weighted by atomic mass is 79.9. The molecule has 1 aromatic heterocycles. The minimum Gasteiger partial charge on any atom is -0.372 e. The van der Waals surface area contributed by atoms with E-state index in [-0.39, 0.29) is 18.3 Å². The second-order valence-corrected chi connectivity index (χ2v) is 4.99. The van der Waals surface area contributed by atoms with Gasteiger partial charge in [0.15, 0.2) is 5.82 Å². The molecule has 0 unspecified atom stereocenters. The van der Waals surface area contributed by atoms with Crippen LogP contribution in [0.1, 0.15) is 31.3 Å². The molecule has 0 aliphatic carbocycles. The molecule has 0 saturated heterocycles. The lowest BCUT2D eigenvalue weighted by molar-refractivity contribution is -0.177. The minimum atomic E-state index is -4.35. The molecule has 1 N–H and O–H groups in total. The van der Waals surface area contributed by atoms with Gasteiger partial charge in [0.2, 0.25) is 0 Å². The fourth-order valence-electron chi connectivity index (χ4n) is 1.38. The monoisotopic (exact) mass is 341 g/mol. The van der Waals surface area contributed by atoms with Crippen LogP contribution in [-0.2, 0) is 11.3 Å². The predicted molar refractivity (Wildman–Crippen MR) is 69.1 cm³/mol. The van der Waals surface area contributed by atoms with E-state index in [1.807, 2.05) is 13.8 Å². The van der Waals surface area contributed by atoms with E-state index in [9.17, 15) is 13.2 Å². The van der Waals surface area contributed by atoms with Gasteiger partial charge in [0.05, 0.1) is 10.2 Å². The van der Waals surface area contributed by atoms with Crippen LogP contribution in [0.3, 0.4) is 0 Å². The number of anilines is 1. The average Bonchev–Trinajstić information content (AvgIpc) is 2.28. The second-order valence-electron chi connectivity index (χ2n) is 4.20. The number of rotatable bonds is 5. The number of nitrogens with one attached hydrogen (secondary N) is 1. The van der Waals surface area contributed by atoms with Gasteiger partial charge >= 0.3 is 6.18 Å². The van der Waals surface area contributed by atoms with Crippen LogP contribution in [0.25, 0.3) is 0 Å². The molecule has 4 nitrogen and oxygen atoms in total. The van der Waals surface area contributed by atoms with Gasteiger partial charge < -0.3 is 10.1 Å². The molecule has 19 heavy (non-hydrogen) atoms. The molecule has 108 valence electrons. The summed E-state index contributed by atoms with van der Waals surface area (Å²) in [5.41, 5.74) is 0.727. The van der Waals surface area contributed by atoms with Crippen LogP contribution in [0.15, 0.2) is 4.47 Å². The summed E-state index contributed by atoms with van der Waals surface area (Å²) in [4.78, 5) is 8.30. The Bertz CT molecular complexity index is 438. The molecule has 0 aliphatic heterocycles. The Morgan fingerprint density at radius 2 is 1.95 bits per heavy atom. The fraction of sp³-hybridized carbons (Fsp3) is 0.636. The quantitative estimate of drug-likeness (QED) is 0.890. The first-order chi connectivity index (χ1) is 8.74. The normalized spacial score (nSPS) is 12.0.